The highest BCUT2D eigenvalue weighted by Crippen LogP contribution is 2.40. The van der Waals surface area contributed by atoms with Gasteiger partial charge in [0.15, 0.2) is 0 Å². The molecule has 0 aliphatic rings. The first-order valence-corrected chi connectivity index (χ1v) is 21.0. The van der Waals surface area contributed by atoms with Crippen LogP contribution in [0.5, 0.6) is 0 Å². The molecule has 11 rings (SSSR count). The third kappa shape index (κ3) is 7.03. The first-order chi connectivity index (χ1) is 30.2. The molecule has 1 nitrogen and oxygen atoms in total. The fourth-order valence-corrected chi connectivity index (χ4v) is 8.91. The van der Waals surface area contributed by atoms with Crippen LogP contribution in [0.3, 0.4) is 0 Å². The summed E-state index contributed by atoms with van der Waals surface area (Å²) in [7, 11) is 0. The summed E-state index contributed by atoms with van der Waals surface area (Å²) in [6.07, 6.45) is 0. The molecular weight excluding hydrogens is 735 g/mol. The number of anilines is 3. The Morgan fingerprint density at radius 2 is 0.590 bits per heavy atom. The van der Waals surface area contributed by atoms with E-state index in [1.807, 2.05) is 0 Å². The molecule has 0 unspecified atom stereocenters. The van der Waals surface area contributed by atoms with Gasteiger partial charge in [0.05, 0.1) is 0 Å². The normalized spacial score (nSPS) is 11.3. The predicted octanol–water partition coefficient (Wildman–Crippen LogP) is 17.0. The zero-order chi connectivity index (χ0) is 40.5. The van der Waals surface area contributed by atoms with E-state index in [2.05, 4.69) is 254 Å². The maximum Gasteiger partial charge on any atom is 0.0467 e. The predicted molar refractivity (Wildman–Crippen MR) is 261 cm³/mol. The van der Waals surface area contributed by atoms with Gasteiger partial charge in [0.25, 0.3) is 0 Å². The summed E-state index contributed by atoms with van der Waals surface area (Å²) in [5, 5.41) is 7.69. The molecule has 0 aliphatic carbocycles. The van der Waals surface area contributed by atoms with Crippen LogP contribution >= 0.6 is 0 Å². The zero-order valence-corrected chi connectivity index (χ0v) is 33.6. The van der Waals surface area contributed by atoms with Crippen molar-refractivity contribution in [2.75, 3.05) is 4.90 Å². The summed E-state index contributed by atoms with van der Waals surface area (Å²) in [6.45, 7) is 0. The van der Waals surface area contributed by atoms with Crippen molar-refractivity contribution in [3.05, 3.63) is 249 Å². The maximum atomic E-state index is 2.37. The van der Waals surface area contributed by atoms with E-state index in [1.165, 1.54) is 82.4 Å². The Morgan fingerprint density at radius 3 is 1.21 bits per heavy atom. The molecule has 0 heterocycles. The van der Waals surface area contributed by atoms with Gasteiger partial charge in [-0.3, -0.25) is 0 Å². The molecule has 0 bridgehead atoms. The molecule has 0 atom stereocenters. The van der Waals surface area contributed by atoms with Crippen molar-refractivity contribution in [3.8, 4) is 55.6 Å². The molecule has 286 valence electrons. The van der Waals surface area contributed by atoms with Gasteiger partial charge in [0.1, 0.15) is 0 Å². The standard InChI is InChI=1S/C60H41N/c1-3-12-42(13-4-1)44-24-26-45(27-25-44)46-32-35-55(36-33-46)61(56-21-10-19-51(40-56)43-14-5-2-6-15-43)57-22-11-20-52(41-57)49-17-9-18-50(38-49)53-34-37-59-54(39-53)31-30-48-29-28-47-16-7-8-23-58(47)60(48)59/h1-41H. The molecule has 1 heteroatoms. The van der Waals surface area contributed by atoms with Gasteiger partial charge in [-0.05, 0) is 136 Å². The second-order valence-corrected chi connectivity index (χ2v) is 15.8. The highest BCUT2D eigenvalue weighted by Gasteiger charge is 2.16. The van der Waals surface area contributed by atoms with E-state index in [0.29, 0.717) is 0 Å². The van der Waals surface area contributed by atoms with E-state index in [1.54, 1.807) is 0 Å². The Bertz CT molecular complexity index is 3330. The highest BCUT2D eigenvalue weighted by molar-refractivity contribution is 6.20. The Labute approximate surface area is 357 Å². The second kappa shape index (κ2) is 15.6. The first-order valence-electron chi connectivity index (χ1n) is 21.0. The summed E-state index contributed by atoms with van der Waals surface area (Å²) in [5.74, 6) is 0. The summed E-state index contributed by atoms with van der Waals surface area (Å²) in [4.78, 5) is 2.37. The Morgan fingerprint density at radius 1 is 0.197 bits per heavy atom. The molecule has 0 amide bonds. The van der Waals surface area contributed by atoms with Crippen molar-refractivity contribution < 1.29 is 0 Å². The van der Waals surface area contributed by atoms with Crippen LogP contribution in [0.4, 0.5) is 17.1 Å². The molecule has 0 saturated heterocycles. The van der Waals surface area contributed by atoms with Crippen molar-refractivity contribution in [2.45, 2.75) is 0 Å². The van der Waals surface area contributed by atoms with E-state index >= 15 is 0 Å². The Kier molecular flexibility index (Phi) is 9.26. The van der Waals surface area contributed by atoms with E-state index < -0.39 is 0 Å². The zero-order valence-electron chi connectivity index (χ0n) is 33.6. The Balaban J connectivity index is 0.957. The summed E-state index contributed by atoms with van der Waals surface area (Å²) >= 11 is 0. The van der Waals surface area contributed by atoms with Crippen molar-refractivity contribution in [1.82, 2.24) is 0 Å². The van der Waals surface area contributed by atoms with Crippen LogP contribution in [0.1, 0.15) is 0 Å². The lowest BCUT2D eigenvalue weighted by Crippen LogP contribution is -2.10. The molecule has 0 aliphatic heterocycles. The third-order valence-corrected chi connectivity index (χ3v) is 12.0. The van der Waals surface area contributed by atoms with Gasteiger partial charge < -0.3 is 4.90 Å². The van der Waals surface area contributed by atoms with E-state index in [-0.39, 0.29) is 0 Å². The Hall–Kier alpha value is -8.00. The lowest BCUT2D eigenvalue weighted by atomic mass is 9.93. The van der Waals surface area contributed by atoms with E-state index in [4.69, 9.17) is 0 Å². The van der Waals surface area contributed by atoms with Gasteiger partial charge in [-0.25, -0.2) is 0 Å². The quantitative estimate of drug-likeness (QED) is 0.139. The monoisotopic (exact) mass is 775 g/mol. The molecule has 0 saturated carbocycles. The molecule has 0 N–H and O–H groups in total. The van der Waals surface area contributed by atoms with Crippen LogP contribution in [0.2, 0.25) is 0 Å². The van der Waals surface area contributed by atoms with Crippen LogP contribution in [0.25, 0.3) is 88.0 Å². The molecule has 0 aromatic heterocycles. The van der Waals surface area contributed by atoms with Crippen LogP contribution in [0.15, 0.2) is 249 Å². The minimum absolute atomic E-state index is 1.09. The van der Waals surface area contributed by atoms with Gasteiger partial charge in [-0.1, -0.05) is 200 Å². The summed E-state index contributed by atoms with van der Waals surface area (Å²) < 4.78 is 0. The van der Waals surface area contributed by atoms with Crippen molar-refractivity contribution in [3.63, 3.8) is 0 Å². The number of hydrogen-bond donors (Lipinski definition) is 0. The van der Waals surface area contributed by atoms with Crippen LogP contribution in [0, 0.1) is 0 Å². The number of hydrogen-bond acceptors (Lipinski definition) is 1. The fourth-order valence-electron chi connectivity index (χ4n) is 8.91. The average Bonchev–Trinajstić information content (AvgIpc) is 3.35. The second-order valence-electron chi connectivity index (χ2n) is 15.8. The van der Waals surface area contributed by atoms with Gasteiger partial charge in [0.2, 0.25) is 0 Å². The molecule has 0 fully saturated rings. The summed E-state index contributed by atoms with van der Waals surface area (Å²) in [6, 6.07) is 90.4. The van der Waals surface area contributed by atoms with Gasteiger partial charge >= 0.3 is 0 Å². The van der Waals surface area contributed by atoms with Crippen molar-refractivity contribution >= 4 is 49.4 Å². The topological polar surface area (TPSA) is 3.24 Å². The van der Waals surface area contributed by atoms with Gasteiger partial charge in [-0.2, -0.15) is 0 Å². The molecular formula is C60H41N. The number of fused-ring (bicyclic) bond motifs is 5. The first kappa shape index (κ1) is 36.1. The minimum Gasteiger partial charge on any atom is -0.310 e. The van der Waals surface area contributed by atoms with Gasteiger partial charge in [0, 0.05) is 17.1 Å². The molecule has 0 spiro atoms. The average molecular weight is 776 g/mol. The minimum atomic E-state index is 1.09. The van der Waals surface area contributed by atoms with Crippen LogP contribution in [-0.2, 0) is 0 Å². The molecule has 61 heavy (non-hydrogen) atoms. The molecule has 11 aromatic carbocycles. The lowest BCUT2D eigenvalue weighted by Gasteiger charge is -2.27. The third-order valence-electron chi connectivity index (χ3n) is 12.0. The number of nitrogens with zero attached hydrogens (tertiary/aromatic N) is 1. The van der Waals surface area contributed by atoms with Crippen LogP contribution < -0.4 is 4.90 Å². The summed E-state index contributed by atoms with van der Waals surface area (Å²) in [5.41, 5.74) is 15.2. The van der Waals surface area contributed by atoms with Gasteiger partial charge in [-0.15, -0.1) is 0 Å². The fraction of sp³-hybridized carbons (Fsp3) is 0. The largest absolute Gasteiger partial charge is 0.310 e. The SMILES string of the molecule is c1ccc(-c2ccc(-c3ccc(N(c4cccc(-c5ccccc5)c4)c4cccc(-c5cccc(-c6ccc7c(ccc8ccc9ccccc9c87)c6)c5)c4)cc3)cc2)cc1. The maximum absolute atomic E-state index is 2.37. The van der Waals surface area contributed by atoms with E-state index in [0.717, 1.165) is 22.6 Å². The van der Waals surface area contributed by atoms with E-state index in [9.17, 15) is 0 Å². The van der Waals surface area contributed by atoms with Crippen molar-refractivity contribution in [1.29, 1.82) is 0 Å². The highest BCUT2D eigenvalue weighted by atomic mass is 15.1. The number of rotatable bonds is 8. The molecule has 0 radical (unpaired) electrons. The van der Waals surface area contributed by atoms with Crippen molar-refractivity contribution in [2.24, 2.45) is 0 Å². The molecule has 11 aromatic rings. The number of benzene rings is 11. The van der Waals surface area contributed by atoms with Crippen LogP contribution in [-0.4, -0.2) is 0 Å². The lowest BCUT2D eigenvalue weighted by molar-refractivity contribution is 1.28. The smallest absolute Gasteiger partial charge is 0.0467 e.